The third-order valence-electron chi connectivity index (χ3n) is 5.26. The first-order valence-corrected chi connectivity index (χ1v) is 9.20. The minimum atomic E-state index is -0.603. The van der Waals surface area contributed by atoms with Crippen molar-refractivity contribution < 1.29 is 18.7 Å². The molecule has 0 saturated carbocycles. The monoisotopic (exact) mass is 412 g/mol. The second kappa shape index (κ2) is 7.00. The molecular weight excluding hydrogens is 395 g/mol. The molecule has 4 N–H and O–H groups in total. The van der Waals surface area contributed by atoms with Gasteiger partial charge in [-0.15, -0.1) is 5.10 Å². The standard InChI is InChI=1S/C18H17FN8O3/c19-9-3-23-16-14(15(20)25-27(16)7-9)17(28)24-11-4-21-2-1-10(11)12-5-22-6-13-18(29)30-8-26(12)13/h1-4,7,12-13,22H,5-6,8H2,(H2,20,25)(H,24,28). The van der Waals surface area contributed by atoms with E-state index in [2.05, 4.69) is 25.7 Å². The van der Waals surface area contributed by atoms with Gasteiger partial charge in [0.2, 0.25) is 0 Å². The molecule has 3 aromatic rings. The number of nitrogen functional groups attached to an aromatic ring is 1. The molecule has 154 valence electrons. The second-order valence-electron chi connectivity index (χ2n) is 7.01. The van der Waals surface area contributed by atoms with Crippen molar-refractivity contribution in [2.24, 2.45) is 0 Å². The van der Waals surface area contributed by atoms with E-state index >= 15 is 0 Å². The van der Waals surface area contributed by atoms with Crippen molar-refractivity contribution in [3.05, 3.63) is 47.8 Å². The van der Waals surface area contributed by atoms with Gasteiger partial charge in [-0.3, -0.25) is 14.6 Å². The van der Waals surface area contributed by atoms with E-state index in [9.17, 15) is 14.0 Å². The predicted molar refractivity (Wildman–Crippen MR) is 102 cm³/mol. The Balaban J connectivity index is 1.48. The molecule has 2 atom stereocenters. The zero-order valence-electron chi connectivity index (χ0n) is 15.6. The summed E-state index contributed by atoms with van der Waals surface area (Å²) in [5, 5.41) is 9.97. The fourth-order valence-electron chi connectivity index (χ4n) is 3.86. The number of hydrogen-bond acceptors (Lipinski definition) is 9. The molecule has 0 radical (unpaired) electrons. The quantitative estimate of drug-likeness (QED) is 0.504. The Morgan fingerprint density at radius 3 is 3.03 bits per heavy atom. The molecular formula is C18H17FN8O3. The van der Waals surface area contributed by atoms with Crippen LogP contribution in [0.1, 0.15) is 22.0 Å². The maximum Gasteiger partial charge on any atom is 0.326 e. The van der Waals surface area contributed by atoms with E-state index < -0.39 is 11.7 Å². The summed E-state index contributed by atoms with van der Waals surface area (Å²) in [6.07, 6.45) is 5.20. The summed E-state index contributed by atoms with van der Waals surface area (Å²) >= 11 is 0. The first-order chi connectivity index (χ1) is 14.5. The van der Waals surface area contributed by atoms with Crippen LogP contribution in [0.2, 0.25) is 0 Å². The molecule has 0 aromatic carbocycles. The summed E-state index contributed by atoms with van der Waals surface area (Å²) in [5.74, 6) is -1.50. The average Bonchev–Trinajstić information content (AvgIpc) is 3.27. The molecule has 2 aliphatic rings. The number of nitrogens with two attached hydrogens (primary N) is 1. The van der Waals surface area contributed by atoms with E-state index in [4.69, 9.17) is 10.5 Å². The van der Waals surface area contributed by atoms with Crippen LogP contribution in [0.5, 0.6) is 0 Å². The van der Waals surface area contributed by atoms with Gasteiger partial charge in [0.05, 0.1) is 30.3 Å². The number of hydrogen-bond donors (Lipinski definition) is 3. The highest BCUT2D eigenvalue weighted by molar-refractivity contribution is 6.11. The first-order valence-electron chi connectivity index (χ1n) is 9.20. The van der Waals surface area contributed by atoms with Crippen LogP contribution in [0.25, 0.3) is 5.65 Å². The van der Waals surface area contributed by atoms with Gasteiger partial charge in [0.1, 0.15) is 18.3 Å². The smallest absolute Gasteiger partial charge is 0.326 e. The molecule has 5 heterocycles. The van der Waals surface area contributed by atoms with Gasteiger partial charge in [-0.2, -0.15) is 0 Å². The van der Waals surface area contributed by atoms with Crippen molar-refractivity contribution in [3.8, 4) is 0 Å². The Morgan fingerprint density at radius 2 is 2.17 bits per heavy atom. The summed E-state index contributed by atoms with van der Waals surface area (Å²) < 4.78 is 19.7. The molecule has 2 fully saturated rings. The number of halogens is 1. The minimum Gasteiger partial charge on any atom is -0.448 e. The van der Waals surface area contributed by atoms with Crippen molar-refractivity contribution in [1.82, 2.24) is 29.8 Å². The van der Waals surface area contributed by atoms with Gasteiger partial charge in [-0.05, 0) is 11.6 Å². The molecule has 2 aliphatic heterocycles. The largest absolute Gasteiger partial charge is 0.448 e. The van der Waals surface area contributed by atoms with Crippen molar-refractivity contribution >= 4 is 29.0 Å². The van der Waals surface area contributed by atoms with Crippen molar-refractivity contribution in [2.75, 3.05) is 30.9 Å². The number of carbonyl (C=O) groups excluding carboxylic acids is 2. The second-order valence-corrected chi connectivity index (χ2v) is 7.01. The number of carbonyl (C=O) groups is 2. The maximum atomic E-state index is 13.4. The molecule has 0 spiro atoms. The summed E-state index contributed by atoms with van der Waals surface area (Å²) in [6, 6.07) is 1.19. The van der Waals surface area contributed by atoms with Gasteiger partial charge in [0.15, 0.2) is 17.3 Å². The Morgan fingerprint density at radius 1 is 1.33 bits per heavy atom. The number of aromatic nitrogens is 4. The number of nitrogens with zero attached hydrogens (tertiary/aromatic N) is 5. The van der Waals surface area contributed by atoms with E-state index in [1.54, 1.807) is 12.3 Å². The van der Waals surface area contributed by atoms with Crippen LogP contribution < -0.4 is 16.4 Å². The first kappa shape index (κ1) is 18.4. The third kappa shape index (κ3) is 2.93. The highest BCUT2D eigenvalue weighted by Gasteiger charge is 2.42. The van der Waals surface area contributed by atoms with Gasteiger partial charge in [0, 0.05) is 19.3 Å². The van der Waals surface area contributed by atoms with Gasteiger partial charge in [-0.25, -0.2) is 18.8 Å². The van der Waals surface area contributed by atoms with Crippen LogP contribution in [0.15, 0.2) is 30.9 Å². The molecule has 12 heteroatoms. The molecule has 3 aromatic heterocycles. The summed E-state index contributed by atoms with van der Waals surface area (Å²) in [7, 11) is 0. The van der Waals surface area contributed by atoms with E-state index in [0.717, 1.165) is 22.5 Å². The molecule has 5 rings (SSSR count). The van der Waals surface area contributed by atoms with Crippen LogP contribution in [0.3, 0.4) is 0 Å². The van der Waals surface area contributed by atoms with E-state index in [1.165, 1.54) is 6.20 Å². The lowest BCUT2D eigenvalue weighted by molar-refractivity contribution is -0.139. The normalized spacial score (nSPS) is 21.4. The number of fused-ring (bicyclic) bond motifs is 2. The van der Waals surface area contributed by atoms with Crippen LogP contribution in [0, 0.1) is 5.82 Å². The topological polar surface area (TPSA) is 140 Å². The van der Waals surface area contributed by atoms with Crippen LogP contribution in [-0.2, 0) is 9.53 Å². The van der Waals surface area contributed by atoms with Gasteiger partial charge in [-0.1, -0.05) is 0 Å². The number of ether oxygens (including phenoxy) is 1. The number of amides is 1. The summed E-state index contributed by atoms with van der Waals surface area (Å²) in [5.41, 5.74) is 7.27. The number of nitrogens with one attached hydrogen (secondary N) is 2. The number of pyridine rings is 1. The number of piperazine rings is 1. The highest BCUT2D eigenvalue weighted by Crippen LogP contribution is 2.33. The lowest BCUT2D eigenvalue weighted by atomic mass is 10.0. The molecule has 2 unspecified atom stereocenters. The average molecular weight is 412 g/mol. The van der Waals surface area contributed by atoms with Crippen LogP contribution in [0.4, 0.5) is 15.9 Å². The molecule has 30 heavy (non-hydrogen) atoms. The molecule has 2 saturated heterocycles. The highest BCUT2D eigenvalue weighted by atomic mass is 19.1. The van der Waals surface area contributed by atoms with E-state index in [1.807, 2.05) is 4.90 Å². The molecule has 1 amide bonds. The number of esters is 1. The lowest BCUT2D eigenvalue weighted by Crippen LogP contribution is -2.52. The Kier molecular flexibility index (Phi) is 4.29. The Labute approximate surface area is 169 Å². The predicted octanol–water partition coefficient (Wildman–Crippen LogP) is -0.0729. The van der Waals surface area contributed by atoms with Crippen molar-refractivity contribution in [2.45, 2.75) is 12.1 Å². The van der Waals surface area contributed by atoms with Crippen molar-refractivity contribution in [1.29, 1.82) is 0 Å². The number of cyclic esters (lactones) is 1. The zero-order valence-corrected chi connectivity index (χ0v) is 15.6. The maximum absolute atomic E-state index is 13.4. The molecule has 0 bridgehead atoms. The number of rotatable bonds is 3. The van der Waals surface area contributed by atoms with Gasteiger partial charge < -0.3 is 21.1 Å². The SMILES string of the molecule is Nc1nn2cc(F)cnc2c1C(=O)Nc1cnccc1C1CNCC2C(=O)OCN21. The fraction of sp³-hybridized carbons (Fsp3) is 0.278. The zero-order chi connectivity index (χ0) is 20.8. The van der Waals surface area contributed by atoms with E-state index in [-0.39, 0.29) is 41.8 Å². The van der Waals surface area contributed by atoms with Gasteiger partial charge in [0.25, 0.3) is 5.91 Å². The Hall–Kier alpha value is -3.64. The fourth-order valence-corrected chi connectivity index (χ4v) is 3.86. The third-order valence-corrected chi connectivity index (χ3v) is 5.26. The lowest BCUT2D eigenvalue weighted by Gasteiger charge is -2.35. The Bertz CT molecular complexity index is 1170. The van der Waals surface area contributed by atoms with Crippen LogP contribution >= 0.6 is 0 Å². The summed E-state index contributed by atoms with van der Waals surface area (Å²) in [6.45, 7) is 1.25. The van der Waals surface area contributed by atoms with Crippen molar-refractivity contribution in [3.63, 3.8) is 0 Å². The van der Waals surface area contributed by atoms with Crippen LogP contribution in [-0.4, -0.2) is 62.2 Å². The summed E-state index contributed by atoms with van der Waals surface area (Å²) in [4.78, 5) is 34.9. The van der Waals surface area contributed by atoms with E-state index in [0.29, 0.717) is 18.8 Å². The molecule has 0 aliphatic carbocycles. The van der Waals surface area contributed by atoms with Gasteiger partial charge >= 0.3 is 5.97 Å². The number of anilines is 2. The molecule has 11 nitrogen and oxygen atoms in total. The minimum absolute atomic E-state index is 0.0316.